The van der Waals surface area contributed by atoms with Crippen LogP contribution in [0.15, 0.2) is 23.6 Å². The molecule has 0 atom stereocenters. The van der Waals surface area contributed by atoms with Gasteiger partial charge < -0.3 is 10.2 Å². The van der Waals surface area contributed by atoms with Crippen LogP contribution in [-0.4, -0.2) is 37.1 Å². The number of aromatic nitrogens is 1. The summed E-state index contributed by atoms with van der Waals surface area (Å²) in [6.07, 6.45) is 4.91. The van der Waals surface area contributed by atoms with E-state index in [9.17, 15) is 0 Å². The molecule has 0 saturated carbocycles. The smallest absolute Gasteiger partial charge is 0.183 e. The minimum atomic E-state index is 0. The van der Waals surface area contributed by atoms with E-state index in [-0.39, 0.29) is 12.4 Å². The van der Waals surface area contributed by atoms with E-state index in [0.717, 1.165) is 30.3 Å². The molecule has 1 aromatic carbocycles. The van der Waals surface area contributed by atoms with Crippen molar-refractivity contribution in [3.63, 3.8) is 0 Å². The number of rotatable bonds is 6. The van der Waals surface area contributed by atoms with Gasteiger partial charge in [-0.2, -0.15) is 0 Å². The second-order valence-corrected chi connectivity index (χ2v) is 6.82. The number of nitrogens with one attached hydrogen (secondary N) is 1. The minimum Gasteiger partial charge on any atom is -0.361 e. The number of fused-ring (bicyclic) bond motifs is 1. The van der Waals surface area contributed by atoms with Gasteiger partial charge in [-0.1, -0.05) is 12.1 Å². The molecule has 5 heteroatoms. The summed E-state index contributed by atoms with van der Waals surface area (Å²) in [5, 5.41) is 6.61. The molecule has 1 aliphatic rings. The van der Waals surface area contributed by atoms with Crippen LogP contribution in [0.1, 0.15) is 24.0 Å². The fourth-order valence-corrected chi connectivity index (χ4v) is 3.56. The van der Waals surface area contributed by atoms with Crippen LogP contribution >= 0.6 is 23.7 Å². The zero-order valence-corrected chi connectivity index (χ0v) is 14.9. The predicted molar refractivity (Wildman–Crippen MR) is 98.5 cm³/mol. The number of hydrogen-bond acceptors (Lipinski definition) is 4. The average Bonchev–Trinajstić information content (AvgIpc) is 3.11. The van der Waals surface area contributed by atoms with Gasteiger partial charge in [-0.15, -0.1) is 23.7 Å². The monoisotopic (exact) mass is 337 g/mol. The summed E-state index contributed by atoms with van der Waals surface area (Å²) in [5.74, 6) is 0. The van der Waals surface area contributed by atoms with Crippen LogP contribution in [-0.2, 0) is 12.8 Å². The Morgan fingerprint density at radius 3 is 2.86 bits per heavy atom. The summed E-state index contributed by atoms with van der Waals surface area (Å²) in [6, 6.07) is 6.82. The Morgan fingerprint density at radius 2 is 2.05 bits per heavy atom. The van der Waals surface area contributed by atoms with Crippen molar-refractivity contribution in [1.82, 2.24) is 9.88 Å². The lowest BCUT2D eigenvalue weighted by atomic mass is 10.1. The summed E-state index contributed by atoms with van der Waals surface area (Å²) in [7, 11) is 4.21. The summed E-state index contributed by atoms with van der Waals surface area (Å²) < 4.78 is 0. The number of aryl methyl sites for hydroxylation is 2. The Kier molecular flexibility index (Phi) is 6.24. The van der Waals surface area contributed by atoms with Gasteiger partial charge in [0.05, 0.1) is 5.69 Å². The van der Waals surface area contributed by atoms with Crippen molar-refractivity contribution in [1.29, 1.82) is 0 Å². The van der Waals surface area contributed by atoms with Crippen molar-refractivity contribution in [3.05, 3.63) is 34.7 Å². The molecular formula is C17H24ClN3S. The van der Waals surface area contributed by atoms with Crippen LogP contribution in [0.4, 0.5) is 5.13 Å². The van der Waals surface area contributed by atoms with Gasteiger partial charge in [-0.3, -0.25) is 0 Å². The highest BCUT2D eigenvalue weighted by Gasteiger charge is 2.12. The number of anilines is 1. The SMILES string of the molecule is CN(C)CCCNc1nc(-c2ccc3c(c2)CCC3)cs1.Cl. The van der Waals surface area contributed by atoms with Gasteiger partial charge in [0.2, 0.25) is 0 Å². The first-order valence-electron chi connectivity index (χ1n) is 7.69. The maximum absolute atomic E-state index is 4.72. The van der Waals surface area contributed by atoms with Gasteiger partial charge in [0.25, 0.3) is 0 Å². The summed E-state index contributed by atoms with van der Waals surface area (Å²) in [5.41, 5.74) is 5.40. The Balaban J connectivity index is 0.00000176. The summed E-state index contributed by atoms with van der Waals surface area (Å²) >= 11 is 1.70. The van der Waals surface area contributed by atoms with Crippen LogP contribution in [0, 0.1) is 0 Å². The molecule has 0 spiro atoms. The molecule has 3 nitrogen and oxygen atoms in total. The summed E-state index contributed by atoms with van der Waals surface area (Å²) in [4.78, 5) is 6.92. The topological polar surface area (TPSA) is 28.2 Å². The first-order valence-corrected chi connectivity index (χ1v) is 8.56. The lowest BCUT2D eigenvalue weighted by molar-refractivity contribution is 0.405. The van der Waals surface area contributed by atoms with Crippen molar-refractivity contribution in [3.8, 4) is 11.3 Å². The highest BCUT2D eigenvalue weighted by molar-refractivity contribution is 7.14. The molecule has 1 N–H and O–H groups in total. The maximum atomic E-state index is 4.72. The molecule has 3 rings (SSSR count). The van der Waals surface area contributed by atoms with Crippen LogP contribution in [0.25, 0.3) is 11.3 Å². The number of thiazole rings is 1. The normalized spacial score (nSPS) is 13.0. The zero-order valence-electron chi connectivity index (χ0n) is 13.3. The number of nitrogens with zero attached hydrogens (tertiary/aromatic N) is 2. The predicted octanol–water partition coefficient (Wildman–Crippen LogP) is 4.08. The van der Waals surface area contributed by atoms with Crippen LogP contribution < -0.4 is 5.32 Å². The van der Waals surface area contributed by atoms with Crippen LogP contribution in [0.2, 0.25) is 0 Å². The second-order valence-electron chi connectivity index (χ2n) is 5.96. The van der Waals surface area contributed by atoms with Crippen molar-refractivity contribution in [2.75, 3.05) is 32.5 Å². The van der Waals surface area contributed by atoms with E-state index in [0.29, 0.717) is 0 Å². The minimum absolute atomic E-state index is 0. The standard InChI is InChI=1S/C17H23N3S.ClH/c1-20(2)10-4-9-18-17-19-16(12-21-17)15-8-7-13-5-3-6-14(13)11-15;/h7-8,11-12H,3-6,9-10H2,1-2H3,(H,18,19);1H. The van der Waals surface area contributed by atoms with Gasteiger partial charge in [0, 0.05) is 17.5 Å². The van der Waals surface area contributed by atoms with E-state index >= 15 is 0 Å². The van der Waals surface area contributed by atoms with Crippen LogP contribution in [0.5, 0.6) is 0 Å². The van der Waals surface area contributed by atoms with Crippen molar-refractivity contribution in [2.24, 2.45) is 0 Å². The fourth-order valence-electron chi connectivity index (χ4n) is 2.81. The molecular weight excluding hydrogens is 314 g/mol. The van der Waals surface area contributed by atoms with Crippen molar-refractivity contribution in [2.45, 2.75) is 25.7 Å². The second kappa shape index (κ2) is 7.95. The summed E-state index contributed by atoms with van der Waals surface area (Å²) in [6.45, 7) is 2.09. The van der Waals surface area contributed by atoms with E-state index in [1.54, 1.807) is 11.3 Å². The molecule has 0 fully saturated rings. The molecule has 1 aromatic heterocycles. The average molecular weight is 338 g/mol. The molecule has 1 heterocycles. The Labute approximate surface area is 143 Å². The number of halogens is 1. The third-order valence-corrected chi connectivity index (χ3v) is 4.76. The van der Waals surface area contributed by atoms with Gasteiger partial charge in [0.1, 0.15) is 0 Å². The van der Waals surface area contributed by atoms with E-state index in [2.05, 4.69) is 47.9 Å². The van der Waals surface area contributed by atoms with Gasteiger partial charge in [0.15, 0.2) is 5.13 Å². The molecule has 0 aliphatic heterocycles. The van der Waals surface area contributed by atoms with Crippen LogP contribution in [0.3, 0.4) is 0 Å². The van der Waals surface area contributed by atoms with E-state index in [1.165, 1.54) is 36.0 Å². The molecule has 2 aromatic rings. The fraction of sp³-hybridized carbons (Fsp3) is 0.471. The molecule has 1 aliphatic carbocycles. The number of hydrogen-bond donors (Lipinski definition) is 1. The lowest BCUT2D eigenvalue weighted by Gasteiger charge is -2.08. The van der Waals surface area contributed by atoms with Gasteiger partial charge >= 0.3 is 0 Å². The molecule has 0 unspecified atom stereocenters. The highest BCUT2D eigenvalue weighted by atomic mass is 35.5. The van der Waals surface area contributed by atoms with Gasteiger partial charge in [-0.25, -0.2) is 4.98 Å². The number of benzene rings is 1. The molecule has 22 heavy (non-hydrogen) atoms. The zero-order chi connectivity index (χ0) is 14.7. The molecule has 0 bridgehead atoms. The molecule has 0 saturated heterocycles. The van der Waals surface area contributed by atoms with Crippen molar-refractivity contribution < 1.29 is 0 Å². The highest BCUT2D eigenvalue weighted by Crippen LogP contribution is 2.29. The lowest BCUT2D eigenvalue weighted by Crippen LogP contribution is -2.16. The molecule has 0 radical (unpaired) electrons. The third-order valence-electron chi connectivity index (χ3n) is 3.96. The van der Waals surface area contributed by atoms with Crippen molar-refractivity contribution >= 4 is 28.9 Å². The third kappa shape index (κ3) is 4.22. The Morgan fingerprint density at radius 1 is 1.23 bits per heavy atom. The molecule has 120 valence electrons. The Bertz CT molecular complexity index is 610. The van der Waals surface area contributed by atoms with E-state index in [4.69, 9.17) is 4.98 Å². The molecule has 0 amide bonds. The van der Waals surface area contributed by atoms with Gasteiger partial charge in [-0.05, 0) is 63.5 Å². The van der Waals surface area contributed by atoms with E-state index in [1.807, 2.05) is 0 Å². The Hall–Kier alpha value is -1.10. The quantitative estimate of drug-likeness (QED) is 0.805. The first kappa shape index (κ1) is 17.3. The van der Waals surface area contributed by atoms with E-state index < -0.39 is 0 Å². The largest absolute Gasteiger partial charge is 0.361 e. The maximum Gasteiger partial charge on any atom is 0.183 e. The first-order chi connectivity index (χ1) is 10.2.